The van der Waals surface area contributed by atoms with Crippen molar-refractivity contribution in [2.45, 2.75) is 13.3 Å². The van der Waals surface area contributed by atoms with Crippen molar-refractivity contribution in [3.8, 4) is 11.4 Å². The fourth-order valence-corrected chi connectivity index (χ4v) is 2.01. The molecule has 6 nitrogen and oxygen atoms in total. The summed E-state index contributed by atoms with van der Waals surface area (Å²) in [7, 11) is 0. The van der Waals surface area contributed by atoms with E-state index in [0.29, 0.717) is 17.2 Å². The summed E-state index contributed by atoms with van der Waals surface area (Å²) in [5.41, 5.74) is 8.86. The molecule has 0 amide bonds. The van der Waals surface area contributed by atoms with Crippen molar-refractivity contribution in [3.05, 3.63) is 30.6 Å². The van der Waals surface area contributed by atoms with Crippen LogP contribution in [0.1, 0.15) is 13.3 Å². The molecule has 2 heterocycles. The summed E-state index contributed by atoms with van der Waals surface area (Å²) < 4.78 is 0. The van der Waals surface area contributed by atoms with Crippen LogP contribution in [-0.4, -0.2) is 26.5 Å². The molecular formula is C14H16N6. The number of benzene rings is 1. The Bertz CT molecular complexity index is 733. The van der Waals surface area contributed by atoms with Gasteiger partial charge in [0.15, 0.2) is 17.3 Å². The predicted molar refractivity (Wildman–Crippen MR) is 80.3 cm³/mol. The van der Waals surface area contributed by atoms with E-state index in [2.05, 4.69) is 32.2 Å². The zero-order valence-electron chi connectivity index (χ0n) is 11.2. The van der Waals surface area contributed by atoms with Crippen molar-refractivity contribution in [1.82, 2.24) is 19.9 Å². The monoisotopic (exact) mass is 268 g/mol. The number of hydrogen-bond acceptors (Lipinski definition) is 5. The number of nitrogens with one attached hydrogen (secondary N) is 2. The van der Waals surface area contributed by atoms with E-state index >= 15 is 0 Å². The maximum Gasteiger partial charge on any atom is 0.183 e. The summed E-state index contributed by atoms with van der Waals surface area (Å²) in [6.07, 6.45) is 2.65. The quantitative estimate of drug-likeness (QED) is 0.632. The fourth-order valence-electron chi connectivity index (χ4n) is 2.01. The van der Waals surface area contributed by atoms with Gasteiger partial charge in [-0.05, 0) is 18.6 Å². The molecule has 6 heteroatoms. The first kappa shape index (κ1) is 12.4. The smallest absolute Gasteiger partial charge is 0.183 e. The summed E-state index contributed by atoms with van der Waals surface area (Å²) in [5, 5.41) is 3.29. The minimum Gasteiger partial charge on any atom is -0.399 e. The first-order chi connectivity index (χ1) is 9.78. The number of aromatic nitrogens is 4. The highest BCUT2D eigenvalue weighted by Crippen LogP contribution is 2.23. The summed E-state index contributed by atoms with van der Waals surface area (Å²) in [4.78, 5) is 16.3. The third-order valence-electron chi connectivity index (χ3n) is 2.97. The number of hydrogen-bond donors (Lipinski definition) is 3. The highest BCUT2D eigenvalue weighted by Gasteiger charge is 2.11. The maximum absolute atomic E-state index is 5.81. The van der Waals surface area contributed by atoms with Gasteiger partial charge in [-0.2, -0.15) is 0 Å². The van der Waals surface area contributed by atoms with E-state index < -0.39 is 0 Å². The number of fused-ring (bicyclic) bond motifs is 1. The number of rotatable bonds is 4. The SMILES string of the molecule is CCCNc1nc(-c2cccc(N)c2)nc2nc[nH]c12. The Morgan fingerprint density at radius 2 is 2.20 bits per heavy atom. The molecule has 0 saturated carbocycles. The second kappa shape index (κ2) is 5.16. The van der Waals surface area contributed by atoms with Crippen LogP contribution in [-0.2, 0) is 0 Å². The lowest BCUT2D eigenvalue weighted by Crippen LogP contribution is -2.04. The summed E-state index contributed by atoms with van der Waals surface area (Å²) >= 11 is 0. The van der Waals surface area contributed by atoms with E-state index in [1.165, 1.54) is 0 Å². The second-order valence-corrected chi connectivity index (χ2v) is 4.55. The van der Waals surface area contributed by atoms with Crippen molar-refractivity contribution in [2.24, 2.45) is 0 Å². The molecule has 0 aliphatic heterocycles. The molecule has 3 rings (SSSR count). The zero-order valence-corrected chi connectivity index (χ0v) is 11.2. The molecule has 102 valence electrons. The van der Waals surface area contributed by atoms with Crippen LogP contribution in [0.5, 0.6) is 0 Å². The lowest BCUT2D eigenvalue weighted by molar-refractivity contribution is 0.969. The Morgan fingerprint density at radius 3 is 3.00 bits per heavy atom. The minimum absolute atomic E-state index is 0.621. The first-order valence-corrected chi connectivity index (χ1v) is 6.59. The molecule has 0 fully saturated rings. The molecule has 0 aliphatic rings. The Balaban J connectivity index is 2.11. The summed E-state index contributed by atoms with van der Waals surface area (Å²) in [6, 6.07) is 7.53. The number of nitrogens with two attached hydrogens (primary N) is 1. The van der Waals surface area contributed by atoms with Crippen molar-refractivity contribution >= 4 is 22.7 Å². The molecule has 0 spiro atoms. The predicted octanol–water partition coefficient (Wildman–Crippen LogP) is 2.42. The lowest BCUT2D eigenvalue weighted by atomic mass is 10.2. The van der Waals surface area contributed by atoms with Crippen LogP contribution in [0, 0.1) is 0 Å². The molecule has 0 aliphatic carbocycles. The highest BCUT2D eigenvalue weighted by atomic mass is 15.1. The van der Waals surface area contributed by atoms with E-state index in [0.717, 1.165) is 29.9 Å². The third-order valence-corrected chi connectivity index (χ3v) is 2.97. The Hall–Kier alpha value is -2.63. The third kappa shape index (κ3) is 2.27. The Morgan fingerprint density at radius 1 is 1.30 bits per heavy atom. The fraction of sp³-hybridized carbons (Fsp3) is 0.214. The number of aromatic amines is 1. The summed E-state index contributed by atoms with van der Waals surface area (Å²) in [5.74, 6) is 1.39. The molecule has 0 bridgehead atoms. The van der Waals surface area contributed by atoms with E-state index in [-0.39, 0.29) is 0 Å². The molecule has 0 atom stereocenters. The van der Waals surface area contributed by atoms with Crippen molar-refractivity contribution in [1.29, 1.82) is 0 Å². The lowest BCUT2D eigenvalue weighted by Gasteiger charge is -2.07. The first-order valence-electron chi connectivity index (χ1n) is 6.59. The van der Waals surface area contributed by atoms with E-state index in [4.69, 9.17) is 5.73 Å². The van der Waals surface area contributed by atoms with Gasteiger partial charge >= 0.3 is 0 Å². The van der Waals surface area contributed by atoms with Crippen LogP contribution in [0.2, 0.25) is 0 Å². The zero-order chi connectivity index (χ0) is 13.9. The van der Waals surface area contributed by atoms with Gasteiger partial charge in [0, 0.05) is 17.8 Å². The number of H-pyrrole nitrogens is 1. The Kier molecular flexibility index (Phi) is 3.20. The van der Waals surface area contributed by atoms with E-state index in [1.54, 1.807) is 6.33 Å². The van der Waals surface area contributed by atoms with Gasteiger partial charge in [-0.3, -0.25) is 0 Å². The topological polar surface area (TPSA) is 92.5 Å². The van der Waals surface area contributed by atoms with Gasteiger partial charge in [-0.25, -0.2) is 15.0 Å². The normalized spacial score (nSPS) is 10.8. The van der Waals surface area contributed by atoms with E-state index in [9.17, 15) is 0 Å². The van der Waals surface area contributed by atoms with Crippen LogP contribution in [0.25, 0.3) is 22.6 Å². The number of imidazole rings is 1. The van der Waals surface area contributed by atoms with Crippen LogP contribution < -0.4 is 11.1 Å². The van der Waals surface area contributed by atoms with Gasteiger partial charge in [0.2, 0.25) is 0 Å². The van der Waals surface area contributed by atoms with Gasteiger partial charge in [-0.15, -0.1) is 0 Å². The van der Waals surface area contributed by atoms with Gasteiger partial charge < -0.3 is 16.0 Å². The standard InChI is InChI=1S/C14H16N6/c1-2-6-16-13-11-14(18-8-17-11)20-12(19-13)9-4-3-5-10(15)7-9/h3-5,7-8H,2,6,15H2,1H3,(H2,16,17,18,19,20). The molecule has 1 aromatic carbocycles. The van der Waals surface area contributed by atoms with Crippen LogP contribution >= 0.6 is 0 Å². The average Bonchev–Trinajstić information content (AvgIpc) is 2.93. The Labute approximate surface area is 116 Å². The van der Waals surface area contributed by atoms with Crippen LogP contribution in [0.3, 0.4) is 0 Å². The molecule has 20 heavy (non-hydrogen) atoms. The molecule has 2 aromatic heterocycles. The average molecular weight is 268 g/mol. The largest absolute Gasteiger partial charge is 0.399 e. The van der Waals surface area contributed by atoms with Crippen molar-refractivity contribution in [2.75, 3.05) is 17.6 Å². The molecule has 4 N–H and O–H groups in total. The second-order valence-electron chi connectivity index (χ2n) is 4.55. The van der Waals surface area contributed by atoms with Crippen LogP contribution in [0.15, 0.2) is 30.6 Å². The van der Waals surface area contributed by atoms with Gasteiger partial charge in [0.1, 0.15) is 5.52 Å². The molecule has 0 unspecified atom stereocenters. The molecule has 0 radical (unpaired) electrons. The molecule has 3 aromatic rings. The number of anilines is 2. The summed E-state index contributed by atoms with van der Waals surface area (Å²) in [6.45, 7) is 2.96. The number of nitrogens with zero attached hydrogens (tertiary/aromatic N) is 3. The van der Waals surface area contributed by atoms with Crippen LogP contribution in [0.4, 0.5) is 11.5 Å². The van der Waals surface area contributed by atoms with E-state index in [1.807, 2.05) is 24.3 Å². The molecular weight excluding hydrogens is 252 g/mol. The van der Waals surface area contributed by atoms with Gasteiger partial charge in [0.25, 0.3) is 0 Å². The highest BCUT2D eigenvalue weighted by molar-refractivity contribution is 5.84. The minimum atomic E-state index is 0.621. The number of nitrogen functional groups attached to an aromatic ring is 1. The van der Waals surface area contributed by atoms with Crippen molar-refractivity contribution < 1.29 is 0 Å². The molecule has 0 saturated heterocycles. The van der Waals surface area contributed by atoms with Crippen molar-refractivity contribution in [3.63, 3.8) is 0 Å². The van der Waals surface area contributed by atoms with Gasteiger partial charge in [-0.1, -0.05) is 19.1 Å². The van der Waals surface area contributed by atoms with Gasteiger partial charge in [0.05, 0.1) is 6.33 Å². The maximum atomic E-state index is 5.81.